The van der Waals surface area contributed by atoms with Crippen LogP contribution in [0, 0.1) is 0 Å². The average Bonchev–Trinajstić information content (AvgIpc) is 2.35. The molecule has 10 heteroatoms. The van der Waals surface area contributed by atoms with Crippen LogP contribution < -0.4 is 11.1 Å². The van der Waals surface area contributed by atoms with E-state index < -0.39 is 42.5 Å². The molecule has 0 saturated carbocycles. The van der Waals surface area contributed by atoms with Gasteiger partial charge >= 0.3 is 11.8 Å². The Labute approximate surface area is 101 Å². The maximum atomic E-state index is 10.9. The fourth-order valence-electron chi connectivity index (χ4n) is 1.01. The van der Waals surface area contributed by atoms with Crippen molar-refractivity contribution in [2.45, 2.75) is 24.0 Å². The van der Waals surface area contributed by atoms with E-state index in [1.807, 2.05) is 0 Å². The lowest BCUT2D eigenvalue weighted by Gasteiger charge is -2.34. The second kappa shape index (κ2) is 6.37. The molecular weight excluding hydrogens is 252 g/mol. The molecule has 104 valence electrons. The van der Waals surface area contributed by atoms with Crippen LogP contribution in [0.5, 0.6) is 0 Å². The molecular formula is C8H14N2O8. The van der Waals surface area contributed by atoms with E-state index in [0.717, 1.165) is 0 Å². The van der Waals surface area contributed by atoms with Crippen molar-refractivity contribution >= 4 is 18.1 Å². The van der Waals surface area contributed by atoms with Gasteiger partial charge in [0.15, 0.2) is 12.0 Å². The summed E-state index contributed by atoms with van der Waals surface area (Å²) in [4.78, 5) is 31.5. The summed E-state index contributed by atoms with van der Waals surface area (Å²) in [7, 11) is 0. The normalized spacial score (nSPS) is 19.2. The van der Waals surface area contributed by atoms with Crippen molar-refractivity contribution in [3.63, 3.8) is 0 Å². The van der Waals surface area contributed by atoms with Crippen LogP contribution in [0.2, 0.25) is 0 Å². The van der Waals surface area contributed by atoms with Gasteiger partial charge in [0.05, 0.1) is 6.61 Å². The molecule has 0 heterocycles. The number of hydrogen-bond acceptors (Lipinski definition) is 8. The number of nitrogens with one attached hydrogen (secondary N) is 1. The highest BCUT2D eigenvalue weighted by Gasteiger charge is 2.44. The molecule has 18 heavy (non-hydrogen) atoms. The summed E-state index contributed by atoms with van der Waals surface area (Å²) in [6, 6.07) is 0. The van der Waals surface area contributed by atoms with Crippen LogP contribution in [-0.4, -0.2) is 74.3 Å². The van der Waals surface area contributed by atoms with Gasteiger partial charge in [-0.2, -0.15) is 0 Å². The van der Waals surface area contributed by atoms with Crippen LogP contribution in [0.3, 0.4) is 0 Å². The van der Waals surface area contributed by atoms with Crippen molar-refractivity contribution in [3.05, 3.63) is 0 Å². The largest absolute Gasteiger partial charge is 0.391 e. The molecule has 2 amide bonds. The Morgan fingerprint density at radius 3 is 2.17 bits per heavy atom. The Morgan fingerprint density at radius 2 is 1.83 bits per heavy atom. The van der Waals surface area contributed by atoms with Crippen molar-refractivity contribution in [2.75, 3.05) is 6.61 Å². The molecule has 10 nitrogen and oxygen atoms in total. The van der Waals surface area contributed by atoms with Gasteiger partial charge in [-0.3, -0.25) is 9.59 Å². The zero-order chi connectivity index (χ0) is 14.5. The van der Waals surface area contributed by atoms with E-state index in [9.17, 15) is 29.7 Å². The van der Waals surface area contributed by atoms with E-state index in [-0.39, 0.29) is 6.29 Å². The number of amides is 2. The average molecular weight is 266 g/mol. The molecule has 0 bridgehead atoms. The number of nitrogens with two attached hydrogens (primary N) is 1. The maximum Gasteiger partial charge on any atom is 0.311 e. The summed E-state index contributed by atoms with van der Waals surface area (Å²) in [6.45, 7) is -1.31. The highest BCUT2D eigenvalue weighted by atomic mass is 16.4. The molecule has 0 radical (unpaired) electrons. The molecule has 0 aromatic carbocycles. The molecule has 0 unspecified atom stereocenters. The zero-order valence-corrected chi connectivity index (χ0v) is 9.05. The SMILES string of the molecule is NC(=O)C(=O)N[C@@](O)(CO)[C@@H](O)[C@H](O)[C@H](O)C=O. The van der Waals surface area contributed by atoms with Crippen molar-refractivity contribution in [1.82, 2.24) is 5.32 Å². The molecule has 0 aliphatic carbocycles. The van der Waals surface area contributed by atoms with Gasteiger partial charge in [-0.1, -0.05) is 0 Å². The highest BCUT2D eigenvalue weighted by molar-refractivity contribution is 6.34. The summed E-state index contributed by atoms with van der Waals surface area (Å²) in [6.07, 6.45) is -6.75. The third kappa shape index (κ3) is 3.72. The smallest absolute Gasteiger partial charge is 0.311 e. The van der Waals surface area contributed by atoms with E-state index in [4.69, 9.17) is 10.2 Å². The Bertz CT molecular complexity index is 335. The molecule has 0 aliphatic heterocycles. The molecule has 0 aliphatic rings. The fourth-order valence-corrected chi connectivity index (χ4v) is 1.01. The summed E-state index contributed by atoms with van der Waals surface area (Å²) in [5.74, 6) is -3.06. The van der Waals surface area contributed by atoms with Crippen LogP contribution in [0.1, 0.15) is 0 Å². The first-order chi connectivity index (χ1) is 8.19. The summed E-state index contributed by atoms with van der Waals surface area (Å²) in [5.41, 5.74) is 1.72. The number of aliphatic hydroxyl groups is 5. The van der Waals surface area contributed by atoms with Gasteiger partial charge in [-0.15, -0.1) is 0 Å². The number of aldehydes is 1. The molecule has 0 fully saturated rings. The molecule has 4 atom stereocenters. The lowest BCUT2D eigenvalue weighted by Crippen LogP contribution is -2.65. The van der Waals surface area contributed by atoms with Crippen LogP contribution >= 0.6 is 0 Å². The van der Waals surface area contributed by atoms with E-state index >= 15 is 0 Å². The lowest BCUT2D eigenvalue weighted by molar-refractivity contribution is -0.185. The number of aliphatic hydroxyl groups excluding tert-OH is 4. The van der Waals surface area contributed by atoms with Crippen molar-refractivity contribution in [3.8, 4) is 0 Å². The number of carbonyl (C=O) groups is 3. The molecule has 0 aromatic rings. The Hall–Kier alpha value is -1.59. The van der Waals surface area contributed by atoms with Gasteiger partial charge in [0.1, 0.15) is 18.3 Å². The van der Waals surface area contributed by atoms with E-state index in [1.165, 1.54) is 5.32 Å². The summed E-state index contributed by atoms with van der Waals surface area (Å²) < 4.78 is 0. The van der Waals surface area contributed by atoms with E-state index in [1.54, 1.807) is 0 Å². The minimum atomic E-state index is -2.85. The van der Waals surface area contributed by atoms with Crippen molar-refractivity contribution in [2.24, 2.45) is 5.73 Å². The van der Waals surface area contributed by atoms with Crippen LogP contribution in [0.25, 0.3) is 0 Å². The Kier molecular flexibility index (Phi) is 5.81. The first kappa shape index (κ1) is 16.4. The van der Waals surface area contributed by atoms with E-state index in [0.29, 0.717) is 0 Å². The zero-order valence-electron chi connectivity index (χ0n) is 9.05. The Morgan fingerprint density at radius 1 is 1.33 bits per heavy atom. The second-order valence-corrected chi connectivity index (χ2v) is 3.46. The first-order valence-corrected chi connectivity index (χ1v) is 4.64. The molecule has 0 spiro atoms. The second-order valence-electron chi connectivity index (χ2n) is 3.46. The summed E-state index contributed by atoms with van der Waals surface area (Å²) >= 11 is 0. The quantitative estimate of drug-likeness (QED) is 0.141. The fraction of sp³-hybridized carbons (Fsp3) is 0.625. The van der Waals surface area contributed by atoms with Gasteiger partial charge in [0.2, 0.25) is 0 Å². The monoisotopic (exact) mass is 266 g/mol. The predicted octanol–water partition coefficient (Wildman–Crippen LogP) is -5.45. The predicted molar refractivity (Wildman–Crippen MR) is 53.5 cm³/mol. The first-order valence-electron chi connectivity index (χ1n) is 4.64. The van der Waals surface area contributed by atoms with Crippen LogP contribution in [0.4, 0.5) is 0 Å². The number of primary amides is 1. The topological polar surface area (TPSA) is 190 Å². The van der Waals surface area contributed by atoms with E-state index in [2.05, 4.69) is 5.73 Å². The standard InChI is InChI=1S/C8H14N2O8/c9-6(16)7(17)10-8(18,2-12)5(15)4(14)3(13)1-11/h1,3-5,12-15,18H,2H2,(H2,9,16)(H,10,17)/t3-,4-,5+,8-/m1/s1. The summed E-state index contributed by atoms with van der Waals surface area (Å²) in [5, 5.41) is 47.5. The third-order valence-electron chi connectivity index (χ3n) is 2.10. The number of rotatable bonds is 6. The number of carbonyl (C=O) groups excluding carboxylic acids is 3. The van der Waals surface area contributed by atoms with Crippen LogP contribution in [0.15, 0.2) is 0 Å². The molecule has 0 saturated heterocycles. The lowest BCUT2D eigenvalue weighted by atomic mass is 9.98. The maximum absolute atomic E-state index is 10.9. The van der Waals surface area contributed by atoms with Gasteiger partial charge in [-0.25, -0.2) is 0 Å². The minimum absolute atomic E-state index is 0.137. The Balaban J connectivity index is 4.97. The van der Waals surface area contributed by atoms with Crippen molar-refractivity contribution in [1.29, 1.82) is 0 Å². The molecule has 0 rings (SSSR count). The number of hydrogen-bond donors (Lipinski definition) is 7. The van der Waals surface area contributed by atoms with Gasteiger partial charge < -0.3 is 41.4 Å². The highest BCUT2D eigenvalue weighted by Crippen LogP contribution is 2.12. The van der Waals surface area contributed by atoms with Gasteiger partial charge in [0.25, 0.3) is 0 Å². The minimum Gasteiger partial charge on any atom is -0.391 e. The van der Waals surface area contributed by atoms with Gasteiger partial charge in [-0.05, 0) is 0 Å². The van der Waals surface area contributed by atoms with Gasteiger partial charge in [0, 0.05) is 0 Å². The molecule has 0 aromatic heterocycles. The molecule has 8 N–H and O–H groups in total. The van der Waals surface area contributed by atoms with Crippen LogP contribution in [-0.2, 0) is 14.4 Å². The van der Waals surface area contributed by atoms with Crippen molar-refractivity contribution < 1.29 is 39.9 Å². The third-order valence-corrected chi connectivity index (χ3v) is 2.10.